The zero-order valence-corrected chi connectivity index (χ0v) is 15.4. The number of benzene rings is 2. The van der Waals surface area contributed by atoms with Crippen LogP contribution in [0.5, 0.6) is 5.75 Å². The van der Waals surface area contributed by atoms with E-state index in [1.165, 1.54) is 4.70 Å². The molecular weight excluding hydrogens is 344 g/mol. The molecule has 0 bridgehead atoms. The van der Waals surface area contributed by atoms with Gasteiger partial charge in [-0.1, -0.05) is 30.3 Å². The van der Waals surface area contributed by atoms with Crippen LogP contribution in [0.3, 0.4) is 0 Å². The van der Waals surface area contributed by atoms with E-state index >= 15 is 0 Å². The lowest BCUT2D eigenvalue weighted by Gasteiger charge is -2.21. The van der Waals surface area contributed by atoms with E-state index in [-0.39, 0.29) is 11.9 Å². The molecule has 0 N–H and O–H groups in total. The Labute approximate surface area is 156 Å². The molecule has 4 rings (SSSR count). The number of thiazole rings is 1. The van der Waals surface area contributed by atoms with Gasteiger partial charge in [-0.25, -0.2) is 4.98 Å². The van der Waals surface area contributed by atoms with Crippen LogP contribution in [-0.4, -0.2) is 29.4 Å². The van der Waals surface area contributed by atoms with Crippen molar-refractivity contribution in [3.63, 3.8) is 0 Å². The summed E-state index contributed by atoms with van der Waals surface area (Å²) in [6.45, 7) is 0.774. The van der Waals surface area contributed by atoms with E-state index in [1.54, 1.807) is 24.5 Å². The average Bonchev–Trinajstić information content (AvgIpc) is 3.32. The monoisotopic (exact) mass is 364 g/mol. The fourth-order valence-corrected chi connectivity index (χ4v) is 4.50. The Morgan fingerprint density at radius 1 is 1.23 bits per heavy atom. The lowest BCUT2D eigenvalue weighted by atomic mass is 10.2. The smallest absolute Gasteiger partial charge is 0.247 e. The first-order chi connectivity index (χ1) is 12.8. The van der Waals surface area contributed by atoms with E-state index < -0.39 is 0 Å². The van der Waals surface area contributed by atoms with Crippen LogP contribution in [0.15, 0.2) is 54.6 Å². The van der Waals surface area contributed by atoms with E-state index in [2.05, 4.69) is 6.07 Å². The van der Waals surface area contributed by atoms with Crippen LogP contribution < -0.4 is 4.74 Å². The van der Waals surface area contributed by atoms with Crippen molar-refractivity contribution < 1.29 is 9.53 Å². The van der Waals surface area contributed by atoms with Gasteiger partial charge in [0.2, 0.25) is 5.91 Å². The standard InChI is InChI=1S/C21H20N2O2S/c1-25-18-10-4-2-7-15(18)12-13-20(24)23-14-6-9-17(23)21-22-16-8-3-5-11-19(16)26-21/h2-5,7-8,10-13,17H,6,9,14H2,1H3/b13-12+. The SMILES string of the molecule is COc1ccccc1/C=C/C(=O)N1CCCC1c1nc2ccccc2s1. The molecule has 3 aromatic rings. The van der Waals surface area contributed by atoms with Gasteiger partial charge in [-0.05, 0) is 37.1 Å². The molecule has 132 valence electrons. The van der Waals surface area contributed by atoms with E-state index in [0.29, 0.717) is 0 Å². The first-order valence-electron chi connectivity index (χ1n) is 8.73. The summed E-state index contributed by atoms with van der Waals surface area (Å²) < 4.78 is 6.52. The molecule has 1 aliphatic heterocycles. The Bertz CT molecular complexity index is 930. The fourth-order valence-electron chi connectivity index (χ4n) is 3.38. The van der Waals surface area contributed by atoms with Crippen molar-refractivity contribution >= 4 is 33.5 Å². The highest BCUT2D eigenvalue weighted by Gasteiger charge is 2.31. The van der Waals surface area contributed by atoms with Gasteiger partial charge < -0.3 is 9.64 Å². The van der Waals surface area contributed by atoms with E-state index in [9.17, 15) is 4.79 Å². The Morgan fingerprint density at radius 3 is 2.88 bits per heavy atom. The van der Waals surface area contributed by atoms with Gasteiger partial charge in [-0.2, -0.15) is 0 Å². The molecule has 5 heteroatoms. The highest BCUT2D eigenvalue weighted by atomic mass is 32.1. The maximum Gasteiger partial charge on any atom is 0.247 e. The Balaban J connectivity index is 1.56. The molecule has 1 amide bonds. The fraction of sp³-hybridized carbons (Fsp3) is 0.238. The van der Waals surface area contributed by atoms with E-state index in [4.69, 9.17) is 9.72 Å². The molecule has 1 atom stereocenters. The van der Waals surface area contributed by atoms with Gasteiger partial charge in [0.25, 0.3) is 0 Å². The third kappa shape index (κ3) is 3.22. The number of rotatable bonds is 4. The molecule has 0 radical (unpaired) electrons. The predicted octanol–water partition coefficient (Wildman–Crippen LogP) is 4.68. The molecule has 4 nitrogen and oxygen atoms in total. The van der Waals surface area contributed by atoms with Crippen molar-refractivity contribution in [3.8, 4) is 5.75 Å². The first kappa shape index (κ1) is 16.8. The number of aromatic nitrogens is 1. The number of hydrogen-bond donors (Lipinski definition) is 0. The average molecular weight is 364 g/mol. The van der Waals surface area contributed by atoms with Gasteiger partial charge in [0.15, 0.2) is 0 Å². The number of nitrogens with zero attached hydrogens (tertiary/aromatic N) is 2. The first-order valence-corrected chi connectivity index (χ1v) is 9.55. The minimum atomic E-state index is 0.0256. The molecule has 26 heavy (non-hydrogen) atoms. The van der Waals surface area contributed by atoms with Crippen LogP contribution in [0.1, 0.15) is 29.5 Å². The van der Waals surface area contributed by atoms with Gasteiger partial charge in [0, 0.05) is 18.2 Å². The molecule has 2 aromatic carbocycles. The van der Waals surface area contributed by atoms with Crippen molar-refractivity contribution in [1.29, 1.82) is 0 Å². The number of para-hydroxylation sites is 2. The van der Waals surface area contributed by atoms with Crippen LogP contribution in [-0.2, 0) is 4.79 Å². The van der Waals surface area contributed by atoms with Crippen molar-refractivity contribution in [3.05, 3.63) is 65.2 Å². The van der Waals surface area contributed by atoms with Crippen molar-refractivity contribution in [2.45, 2.75) is 18.9 Å². The number of amides is 1. The predicted molar refractivity (Wildman–Crippen MR) is 105 cm³/mol. The molecule has 0 spiro atoms. The molecule has 2 heterocycles. The van der Waals surface area contributed by atoms with Crippen LogP contribution in [0, 0.1) is 0 Å². The zero-order chi connectivity index (χ0) is 17.9. The number of methoxy groups -OCH3 is 1. The van der Waals surface area contributed by atoms with Crippen LogP contribution in [0.25, 0.3) is 16.3 Å². The second kappa shape index (κ2) is 7.30. The number of hydrogen-bond acceptors (Lipinski definition) is 4. The maximum absolute atomic E-state index is 12.8. The van der Waals surface area contributed by atoms with Crippen molar-refractivity contribution in [2.75, 3.05) is 13.7 Å². The zero-order valence-electron chi connectivity index (χ0n) is 14.6. The number of carbonyl (C=O) groups excluding carboxylic acids is 1. The number of fused-ring (bicyclic) bond motifs is 1. The molecule has 1 saturated heterocycles. The van der Waals surface area contributed by atoms with Gasteiger partial charge in [0.1, 0.15) is 10.8 Å². The lowest BCUT2D eigenvalue weighted by molar-refractivity contribution is -0.126. The molecule has 1 aliphatic rings. The highest BCUT2D eigenvalue weighted by Crippen LogP contribution is 2.36. The number of ether oxygens (including phenoxy) is 1. The summed E-state index contributed by atoms with van der Waals surface area (Å²) in [7, 11) is 1.64. The Kier molecular flexibility index (Phi) is 4.71. The number of likely N-dealkylation sites (tertiary alicyclic amines) is 1. The summed E-state index contributed by atoms with van der Waals surface area (Å²) in [6.07, 6.45) is 5.45. The Hall–Kier alpha value is -2.66. The minimum Gasteiger partial charge on any atom is -0.496 e. The molecule has 0 saturated carbocycles. The Morgan fingerprint density at radius 2 is 2.04 bits per heavy atom. The van der Waals surface area contributed by atoms with Crippen LogP contribution in [0.4, 0.5) is 0 Å². The minimum absolute atomic E-state index is 0.0256. The van der Waals surface area contributed by atoms with Gasteiger partial charge >= 0.3 is 0 Å². The quantitative estimate of drug-likeness (QED) is 0.631. The van der Waals surface area contributed by atoms with Crippen LogP contribution in [0.2, 0.25) is 0 Å². The second-order valence-electron chi connectivity index (χ2n) is 6.28. The number of carbonyl (C=O) groups is 1. The van der Waals surface area contributed by atoms with Gasteiger partial charge in [-0.3, -0.25) is 4.79 Å². The third-order valence-corrected chi connectivity index (χ3v) is 5.81. The van der Waals surface area contributed by atoms with E-state index in [0.717, 1.165) is 41.2 Å². The normalized spacial score (nSPS) is 17.3. The summed E-state index contributed by atoms with van der Waals surface area (Å²) in [5.74, 6) is 0.790. The van der Waals surface area contributed by atoms with Crippen molar-refractivity contribution in [1.82, 2.24) is 9.88 Å². The second-order valence-corrected chi connectivity index (χ2v) is 7.35. The van der Waals surface area contributed by atoms with Crippen LogP contribution >= 0.6 is 11.3 Å². The summed E-state index contributed by atoms with van der Waals surface area (Å²) in [6, 6.07) is 15.9. The summed E-state index contributed by atoms with van der Waals surface area (Å²) in [5.41, 5.74) is 1.91. The van der Waals surface area contributed by atoms with Crippen molar-refractivity contribution in [2.24, 2.45) is 0 Å². The largest absolute Gasteiger partial charge is 0.496 e. The summed E-state index contributed by atoms with van der Waals surface area (Å²) >= 11 is 1.69. The molecule has 1 aromatic heterocycles. The topological polar surface area (TPSA) is 42.4 Å². The molecular formula is C21H20N2O2S. The molecule has 1 unspecified atom stereocenters. The highest BCUT2D eigenvalue weighted by molar-refractivity contribution is 7.18. The van der Waals surface area contributed by atoms with Gasteiger partial charge in [-0.15, -0.1) is 11.3 Å². The summed E-state index contributed by atoms with van der Waals surface area (Å²) in [4.78, 5) is 19.5. The van der Waals surface area contributed by atoms with Gasteiger partial charge in [0.05, 0.1) is 23.4 Å². The molecule has 1 fully saturated rings. The third-order valence-electron chi connectivity index (χ3n) is 4.68. The molecule has 0 aliphatic carbocycles. The summed E-state index contributed by atoms with van der Waals surface area (Å²) in [5, 5.41) is 1.03. The maximum atomic E-state index is 12.8. The lowest BCUT2D eigenvalue weighted by Crippen LogP contribution is -2.28. The van der Waals surface area contributed by atoms with E-state index in [1.807, 2.05) is 53.4 Å².